The lowest BCUT2D eigenvalue weighted by Crippen LogP contribution is -2.18. The molecule has 9 aromatic rings. The summed E-state index contributed by atoms with van der Waals surface area (Å²) in [6, 6.07) is 61.5. The number of hydrogen-bond donors (Lipinski definition) is 0. The van der Waals surface area contributed by atoms with Gasteiger partial charge in [0.25, 0.3) is 0 Å². The van der Waals surface area contributed by atoms with Crippen LogP contribution in [0.25, 0.3) is 64.3 Å². The SMILES string of the molecule is CC1(C)c2ccccc2-c2ccc(N(c3ccc4c(c3)C(C)(C)c3ccccc3-4)c3cc4c(sc5cccc(-c6ccccc6)c54)c4ccccc34)cc21. The largest absolute Gasteiger partial charge is 0.310 e. The van der Waals surface area contributed by atoms with E-state index in [1.54, 1.807) is 0 Å². The minimum Gasteiger partial charge on any atom is -0.310 e. The second-order valence-corrected chi connectivity index (χ2v) is 17.2. The molecule has 54 heavy (non-hydrogen) atoms. The maximum atomic E-state index is 2.55. The predicted molar refractivity (Wildman–Crippen MR) is 232 cm³/mol. The Labute approximate surface area is 320 Å². The monoisotopic (exact) mass is 709 g/mol. The molecular formula is C52H39NS. The summed E-state index contributed by atoms with van der Waals surface area (Å²) in [4.78, 5) is 2.55. The van der Waals surface area contributed by atoms with Crippen LogP contribution in [0.15, 0.2) is 164 Å². The Kier molecular flexibility index (Phi) is 6.59. The van der Waals surface area contributed by atoms with Crippen LogP contribution < -0.4 is 4.90 Å². The van der Waals surface area contributed by atoms with Crippen molar-refractivity contribution in [2.45, 2.75) is 38.5 Å². The predicted octanol–water partition coefficient (Wildman–Crippen LogP) is 15.0. The van der Waals surface area contributed by atoms with Crippen molar-refractivity contribution < 1.29 is 0 Å². The molecule has 0 saturated carbocycles. The van der Waals surface area contributed by atoms with E-state index in [-0.39, 0.29) is 10.8 Å². The zero-order valence-electron chi connectivity index (χ0n) is 30.9. The van der Waals surface area contributed by atoms with Crippen LogP contribution in [0.5, 0.6) is 0 Å². The average Bonchev–Trinajstić information content (AvgIpc) is 3.78. The van der Waals surface area contributed by atoms with Gasteiger partial charge in [0.05, 0.1) is 5.69 Å². The molecule has 0 spiro atoms. The van der Waals surface area contributed by atoms with Crippen molar-refractivity contribution >= 4 is 59.3 Å². The van der Waals surface area contributed by atoms with E-state index in [1.165, 1.54) is 104 Å². The van der Waals surface area contributed by atoms with Crippen molar-refractivity contribution in [3.8, 4) is 33.4 Å². The van der Waals surface area contributed by atoms with Crippen molar-refractivity contribution in [2.24, 2.45) is 0 Å². The number of fused-ring (bicyclic) bond motifs is 11. The molecule has 11 rings (SSSR count). The summed E-state index contributed by atoms with van der Waals surface area (Å²) in [6.07, 6.45) is 0. The van der Waals surface area contributed by atoms with Gasteiger partial charge in [0.2, 0.25) is 0 Å². The number of benzene rings is 8. The molecule has 0 radical (unpaired) electrons. The van der Waals surface area contributed by atoms with Crippen molar-refractivity contribution in [3.63, 3.8) is 0 Å². The molecule has 8 aromatic carbocycles. The van der Waals surface area contributed by atoms with Gasteiger partial charge in [0.15, 0.2) is 0 Å². The first kappa shape index (κ1) is 31.6. The molecule has 1 heterocycles. The van der Waals surface area contributed by atoms with E-state index >= 15 is 0 Å². The molecule has 0 N–H and O–H groups in total. The van der Waals surface area contributed by atoms with Crippen molar-refractivity contribution in [1.29, 1.82) is 0 Å². The van der Waals surface area contributed by atoms with Crippen LogP contribution in [-0.2, 0) is 10.8 Å². The summed E-state index contributed by atoms with van der Waals surface area (Å²) in [6.45, 7) is 9.52. The van der Waals surface area contributed by atoms with Gasteiger partial charge in [-0.15, -0.1) is 11.3 Å². The minimum absolute atomic E-state index is 0.116. The Bertz CT molecular complexity index is 2890. The quantitative estimate of drug-likeness (QED) is 0.176. The van der Waals surface area contributed by atoms with Gasteiger partial charge >= 0.3 is 0 Å². The van der Waals surface area contributed by atoms with Gasteiger partial charge in [-0.25, -0.2) is 0 Å². The lowest BCUT2D eigenvalue weighted by atomic mass is 9.82. The summed E-state index contributed by atoms with van der Waals surface area (Å²) in [5.41, 5.74) is 16.7. The Morgan fingerprint density at radius 2 is 0.926 bits per heavy atom. The fourth-order valence-electron chi connectivity index (χ4n) is 9.76. The van der Waals surface area contributed by atoms with E-state index in [9.17, 15) is 0 Å². The van der Waals surface area contributed by atoms with Gasteiger partial charge in [-0.1, -0.05) is 155 Å². The molecule has 0 bridgehead atoms. The molecule has 1 aromatic heterocycles. The normalized spacial score (nSPS) is 14.6. The molecule has 0 atom stereocenters. The zero-order chi connectivity index (χ0) is 36.3. The van der Waals surface area contributed by atoms with Gasteiger partial charge in [0, 0.05) is 53.1 Å². The molecule has 258 valence electrons. The first-order chi connectivity index (χ1) is 26.3. The summed E-state index contributed by atoms with van der Waals surface area (Å²) in [5, 5.41) is 5.17. The van der Waals surface area contributed by atoms with E-state index in [0.29, 0.717) is 0 Å². The average molecular weight is 710 g/mol. The van der Waals surface area contributed by atoms with E-state index in [0.717, 1.165) is 0 Å². The highest BCUT2D eigenvalue weighted by molar-refractivity contribution is 7.26. The van der Waals surface area contributed by atoms with E-state index < -0.39 is 0 Å². The number of thiophene rings is 1. The smallest absolute Gasteiger partial charge is 0.0547 e. The van der Waals surface area contributed by atoms with E-state index in [4.69, 9.17) is 0 Å². The second-order valence-electron chi connectivity index (χ2n) is 16.1. The van der Waals surface area contributed by atoms with Crippen LogP contribution in [0.2, 0.25) is 0 Å². The number of nitrogens with zero attached hydrogens (tertiary/aromatic N) is 1. The van der Waals surface area contributed by atoms with Crippen LogP contribution in [0, 0.1) is 0 Å². The summed E-state index contributed by atoms with van der Waals surface area (Å²) in [5.74, 6) is 0. The fraction of sp³-hybridized carbons (Fsp3) is 0.115. The molecule has 0 fully saturated rings. The lowest BCUT2D eigenvalue weighted by Gasteiger charge is -2.30. The Morgan fingerprint density at radius 3 is 1.56 bits per heavy atom. The van der Waals surface area contributed by atoms with Crippen molar-refractivity contribution in [1.82, 2.24) is 0 Å². The molecule has 2 aliphatic carbocycles. The van der Waals surface area contributed by atoms with Gasteiger partial charge in [0.1, 0.15) is 0 Å². The highest BCUT2D eigenvalue weighted by atomic mass is 32.1. The summed E-state index contributed by atoms with van der Waals surface area (Å²) >= 11 is 1.91. The van der Waals surface area contributed by atoms with Gasteiger partial charge < -0.3 is 4.90 Å². The molecule has 0 saturated heterocycles. The number of anilines is 3. The third-order valence-corrected chi connectivity index (χ3v) is 13.7. The van der Waals surface area contributed by atoms with E-state index in [2.05, 4.69) is 196 Å². The third kappa shape index (κ3) is 4.32. The first-order valence-electron chi connectivity index (χ1n) is 19.0. The van der Waals surface area contributed by atoms with Crippen LogP contribution in [0.1, 0.15) is 49.9 Å². The number of hydrogen-bond acceptors (Lipinski definition) is 2. The van der Waals surface area contributed by atoms with Crippen molar-refractivity contribution in [2.75, 3.05) is 4.90 Å². The Hall–Kier alpha value is -5.96. The molecular weight excluding hydrogens is 671 g/mol. The van der Waals surface area contributed by atoms with Crippen molar-refractivity contribution in [3.05, 3.63) is 186 Å². The maximum absolute atomic E-state index is 2.55. The minimum atomic E-state index is -0.116. The Balaban J connectivity index is 1.22. The maximum Gasteiger partial charge on any atom is 0.0547 e. The molecule has 2 heteroatoms. The lowest BCUT2D eigenvalue weighted by molar-refractivity contribution is 0.660. The topological polar surface area (TPSA) is 3.24 Å². The van der Waals surface area contributed by atoms with Gasteiger partial charge in [-0.3, -0.25) is 0 Å². The van der Waals surface area contributed by atoms with Crippen LogP contribution in [0.3, 0.4) is 0 Å². The third-order valence-electron chi connectivity index (χ3n) is 12.5. The molecule has 0 aliphatic heterocycles. The zero-order valence-corrected chi connectivity index (χ0v) is 31.8. The van der Waals surface area contributed by atoms with E-state index in [1.807, 2.05) is 11.3 Å². The standard InChI is InChI=1S/C52H39NS/c1-51(2)43-22-12-10-17-36(43)38-27-25-33(29-45(38)51)53(34-26-28-39-37-18-11-13-23-44(37)52(3,4)46(39)30-34)47-31-42-49-35(32-15-6-5-7-16-32)21-14-24-48(49)54-50(42)41-20-9-8-19-40(41)47/h5-31H,1-4H3. The molecule has 1 nitrogen and oxygen atoms in total. The van der Waals surface area contributed by atoms with Crippen LogP contribution in [-0.4, -0.2) is 0 Å². The molecule has 0 unspecified atom stereocenters. The summed E-state index contributed by atoms with van der Waals surface area (Å²) in [7, 11) is 0. The fourth-order valence-corrected chi connectivity index (χ4v) is 11.0. The van der Waals surface area contributed by atoms with Crippen LogP contribution >= 0.6 is 11.3 Å². The van der Waals surface area contributed by atoms with Crippen LogP contribution in [0.4, 0.5) is 17.1 Å². The Morgan fingerprint density at radius 1 is 0.407 bits per heavy atom. The van der Waals surface area contributed by atoms with Gasteiger partial charge in [-0.2, -0.15) is 0 Å². The highest BCUT2D eigenvalue weighted by Crippen LogP contribution is 2.54. The first-order valence-corrected chi connectivity index (χ1v) is 19.8. The van der Waals surface area contributed by atoms with Gasteiger partial charge in [-0.05, 0) is 92.0 Å². The highest BCUT2D eigenvalue weighted by Gasteiger charge is 2.38. The summed E-state index contributed by atoms with van der Waals surface area (Å²) < 4.78 is 2.65. The number of rotatable bonds is 4. The molecule has 2 aliphatic rings. The molecule has 0 amide bonds. The second kappa shape index (κ2) is 11.3.